The summed E-state index contributed by atoms with van der Waals surface area (Å²) in [5.41, 5.74) is 1.06. The van der Waals surface area contributed by atoms with Gasteiger partial charge in [0.1, 0.15) is 17.5 Å². The molecule has 0 radical (unpaired) electrons. The van der Waals surface area contributed by atoms with Crippen LogP contribution in [-0.2, 0) is 32.7 Å². The molecule has 1 aliphatic rings. The van der Waals surface area contributed by atoms with Crippen LogP contribution in [0.5, 0.6) is 0 Å². The maximum atomic E-state index is 14.3. The van der Waals surface area contributed by atoms with Crippen LogP contribution in [0.4, 0.5) is 10.2 Å². The maximum absolute atomic E-state index is 14.3. The molecule has 2 heterocycles. The third-order valence-electron chi connectivity index (χ3n) is 5.92. The molecular formula is C24H31FN4O3. The molecule has 32 heavy (non-hydrogen) atoms. The number of anilines is 1. The fraction of sp³-hybridized carbons (Fsp3) is 0.500. The van der Waals surface area contributed by atoms with E-state index in [1.807, 2.05) is 6.92 Å². The van der Waals surface area contributed by atoms with Crippen molar-refractivity contribution in [3.8, 4) is 0 Å². The lowest BCUT2D eigenvalue weighted by atomic mass is 9.83. The second kappa shape index (κ2) is 9.73. The minimum atomic E-state index is -1.05. The molecule has 0 unspecified atom stereocenters. The summed E-state index contributed by atoms with van der Waals surface area (Å²) in [6.07, 6.45) is 1.74. The SMILES string of the molecule is COCCCN1C(=O)CCc2c(C)nc(CN(C)C(=O)C(C)(C)c3ccccc3F)nc21. The van der Waals surface area contributed by atoms with Gasteiger partial charge >= 0.3 is 0 Å². The van der Waals surface area contributed by atoms with Crippen molar-refractivity contribution in [1.29, 1.82) is 0 Å². The fourth-order valence-corrected chi connectivity index (χ4v) is 4.15. The first-order valence-electron chi connectivity index (χ1n) is 10.8. The van der Waals surface area contributed by atoms with E-state index in [1.165, 1.54) is 11.0 Å². The topological polar surface area (TPSA) is 75.6 Å². The van der Waals surface area contributed by atoms with Gasteiger partial charge in [-0.1, -0.05) is 18.2 Å². The number of rotatable bonds is 8. The third-order valence-corrected chi connectivity index (χ3v) is 5.92. The van der Waals surface area contributed by atoms with E-state index in [-0.39, 0.29) is 18.4 Å². The van der Waals surface area contributed by atoms with Gasteiger partial charge < -0.3 is 9.64 Å². The highest BCUT2D eigenvalue weighted by molar-refractivity contribution is 5.95. The van der Waals surface area contributed by atoms with Crippen LogP contribution in [0.25, 0.3) is 0 Å². The number of hydrogen-bond donors (Lipinski definition) is 0. The Kier molecular flexibility index (Phi) is 7.23. The molecule has 0 atom stereocenters. The van der Waals surface area contributed by atoms with E-state index in [2.05, 4.69) is 9.97 Å². The summed E-state index contributed by atoms with van der Waals surface area (Å²) in [6, 6.07) is 6.31. The number of methoxy groups -OCH3 is 1. The predicted molar refractivity (Wildman–Crippen MR) is 120 cm³/mol. The Bertz CT molecular complexity index is 1010. The van der Waals surface area contributed by atoms with Crippen LogP contribution in [0.1, 0.15) is 49.3 Å². The van der Waals surface area contributed by atoms with E-state index in [1.54, 1.807) is 51.1 Å². The number of likely N-dealkylation sites (N-methyl/N-ethyl adjacent to an activating group) is 1. The van der Waals surface area contributed by atoms with Crippen LogP contribution in [0.3, 0.4) is 0 Å². The second-order valence-corrected chi connectivity index (χ2v) is 8.69. The minimum absolute atomic E-state index is 0.0303. The maximum Gasteiger partial charge on any atom is 0.232 e. The third kappa shape index (κ3) is 4.80. The molecule has 1 aliphatic heterocycles. The molecule has 172 valence electrons. The molecule has 0 spiro atoms. The Morgan fingerprint density at radius 3 is 2.66 bits per heavy atom. The first kappa shape index (κ1) is 23.8. The highest BCUT2D eigenvalue weighted by atomic mass is 19.1. The molecule has 2 aromatic rings. The summed E-state index contributed by atoms with van der Waals surface area (Å²) >= 11 is 0. The van der Waals surface area contributed by atoms with Gasteiger partial charge in [0.25, 0.3) is 0 Å². The zero-order chi connectivity index (χ0) is 23.5. The number of ether oxygens (including phenoxy) is 1. The van der Waals surface area contributed by atoms with Crippen molar-refractivity contribution in [3.05, 3.63) is 52.7 Å². The van der Waals surface area contributed by atoms with Gasteiger partial charge in [-0.3, -0.25) is 14.5 Å². The molecule has 0 N–H and O–H groups in total. The van der Waals surface area contributed by atoms with Crippen molar-refractivity contribution < 1.29 is 18.7 Å². The standard InChI is InChI=1S/C24H31FN4O3/c1-16-17-11-12-21(30)29(13-8-14-32-5)22(17)27-20(26-16)15-28(4)23(31)24(2,3)18-9-6-7-10-19(18)25/h6-7,9-10H,8,11-15H2,1-5H3. The minimum Gasteiger partial charge on any atom is -0.385 e. The van der Waals surface area contributed by atoms with Crippen molar-refractivity contribution >= 4 is 17.6 Å². The zero-order valence-electron chi connectivity index (χ0n) is 19.4. The molecular weight excluding hydrogens is 411 g/mol. The van der Waals surface area contributed by atoms with E-state index in [0.29, 0.717) is 49.6 Å². The molecule has 0 bridgehead atoms. The highest BCUT2D eigenvalue weighted by Crippen LogP contribution is 2.30. The predicted octanol–water partition coefficient (Wildman–Crippen LogP) is 3.18. The lowest BCUT2D eigenvalue weighted by Gasteiger charge is -2.31. The highest BCUT2D eigenvalue weighted by Gasteiger charge is 2.35. The number of nitrogens with zero attached hydrogens (tertiary/aromatic N) is 4. The Morgan fingerprint density at radius 1 is 1.25 bits per heavy atom. The molecule has 8 heteroatoms. The van der Waals surface area contributed by atoms with Gasteiger partial charge in [0.05, 0.1) is 12.0 Å². The van der Waals surface area contributed by atoms with E-state index in [0.717, 1.165) is 11.3 Å². The molecule has 2 amide bonds. The van der Waals surface area contributed by atoms with Crippen LogP contribution in [0, 0.1) is 12.7 Å². The van der Waals surface area contributed by atoms with Crippen LogP contribution in [-0.4, -0.2) is 54.0 Å². The summed E-state index contributed by atoms with van der Waals surface area (Å²) in [6.45, 7) is 6.55. The van der Waals surface area contributed by atoms with Gasteiger partial charge in [-0.2, -0.15) is 0 Å². The van der Waals surface area contributed by atoms with Crippen LogP contribution >= 0.6 is 0 Å². The van der Waals surface area contributed by atoms with E-state index >= 15 is 0 Å². The first-order valence-corrected chi connectivity index (χ1v) is 10.8. The zero-order valence-corrected chi connectivity index (χ0v) is 19.4. The van der Waals surface area contributed by atoms with E-state index in [4.69, 9.17) is 4.74 Å². The molecule has 0 saturated heterocycles. The Hall–Kier alpha value is -2.87. The monoisotopic (exact) mass is 442 g/mol. The van der Waals surface area contributed by atoms with Crippen LogP contribution in [0.15, 0.2) is 24.3 Å². The van der Waals surface area contributed by atoms with Crippen molar-refractivity contribution in [1.82, 2.24) is 14.9 Å². The van der Waals surface area contributed by atoms with Gasteiger partial charge in [0.15, 0.2) is 0 Å². The normalized spacial score (nSPS) is 13.8. The molecule has 0 aliphatic carbocycles. The first-order chi connectivity index (χ1) is 15.2. The second-order valence-electron chi connectivity index (χ2n) is 8.69. The Labute approximate surface area is 188 Å². The number of aryl methyl sites for hydroxylation is 1. The Balaban J connectivity index is 1.84. The number of amides is 2. The molecule has 1 aromatic heterocycles. The fourth-order valence-electron chi connectivity index (χ4n) is 4.15. The number of carbonyl (C=O) groups excluding carboxylic acids is 2. The van der Waals surface area contributed by atoms with E-state index in [9.17, 15) is 14.0 Å². The number of hydrogen-bond acceptors (Lipinski definition) is 5. The largest absolute Gasteiger partial charge is 0.385 e. The molecule has 1 aromatic carbocycles. The summed E-state index contributed by atoms with van der Waals surface area (Å²) < 4.78 is 19.5. The van der Waals surface area contributed by atoms with Gasteiger partial charge in [-0.25, -0.2) is 14.4 Å². The van der Waals surface area contributed by atoms with Crippen LogP contribution < -0.4 is 4.90 Å². The van der Waals surface area contributed by atoms with Gasteiger partial charge in [0.2, 0.25) is 11.8 Å². The lowest BCUT2D eigenvalue weighted by Crippen LogP contribution is -2.42. The average Bonchev–Trinajstić information content (AvgIpc) is 2.75. The summed E-state index contributed by atoms with van der Waals surface area (Å²) in [7, 11) is 3.29. The molecule has 0 fully saturated rings. The van der Waals surface area contributed by atoms with Crippen LogP contribution in [0.2, 0.25) is 0 Å². The quantitative estimate of drug-likeness (QED) is 0.587. The lowest BCUT2D eigenvalue weighted by molar-refractivity contribution is -0.135. The molecule has 0 saturated carbocycles. The van der Waals surface area contributed by atoms with Crippen molar-refractivity contribution in [2.45, 2.75) is 52.0 Å². The summed E-state index contributed by atoms with van der Waals surface area (Å²) in [5, 5.41) is 0. The van der Waals surface area contributed by atoms with Crippen molar-refractivity contribution in [3.63, 3.8) is 0 Å². The summed E-state index contributed by atoms with van der Waals surface area (Å²) in [5.74, 6) is 0.449. The average molecular weight is 443 g/mol. The van der Waals surface area contributed by atoms with Gasteiger partial charge in [0, 0.05) is 50.6 Å². The number of benzene rings is 1. The number of halogens is 1. The van der Waals surface area contributed by atoms with Crippen molar-refractivity contribution in [2.24, 2.45) is 0 Å². The number of aromatic nitrogens is 2. The Morgan fingerprint density at radius 2 is 1.97 bits per heavy atom. The van der Waals surface area contributed by atoms with Crippen molar-refractivity contribution in [2.75, 3.05) is 32.2 Å². The number of carbonyl (C=O) groups is 2. The van der Waals surface area contributed by atoms with Gasteiger partial charge in [-0.05, 0) is 39.7 Å². The van der Waals surface area contributed by atoms with Gasteiger partial charge in [-0.15, -0.1) is 0 Å². The smallest absolute Gasteiger partial charge is 0.232 e. The molecule has 3 rings (SSSR count). The van der Waals surface area contributed by atoms with E-state index < -0.39 is 11.2 Å². The molecule has 7 nitrogen and oxygen atoms in total. The number of fused-ring (bicyclic) bond motifs is 1. The summed E-state index contributed by atoms with van der Waals surface area (Å²) in [4.78, 5) is 38.2.